The zero-order valence-electron chi connectivity index (χ0n) is 17.9. The molecule has 0 spiro atoms. The van der Waals surface area contributed by atoms with E-state index in [1.807, 2.05) is 6.07 Å². The van der Waals surface area contributed by atoms with E-state index in [1.165, 1.54) is 12.8 Å². The van der Waals surface area contributed by atoms with Gasteiger partial charge in [0.25, 0.3) is 0 Å². The van der Waals surface area contributed by atoms with Gasteiger partial charge in [-0.3, -0.25) is 4.79 Å². The van der Waals surface area contributed by atoms with Crippen LogP contribution in [0.3, 0.4) is 0 Å². The molecule has 0 N–H and O–H groups in total. The molecule has 2 heterocycles. The number of ether oxygens (including phenoxy) is 1. The van der Waals surface area contributed by atoms with Gasteiger partial charge in [-0.05, 0) is 73.6 Å². The lowest BCUT2D eigenvalue weighted by Crippen LogP contribution is -2.25. The third-order valence-corrected chi connectivity index (χ3v) is 7.16. The number of aromatic nitrogens is 2. The summed E-state index contributed by atoms with van der Waals surface area (Å²) in [6, 6.07) is 11.7. The molecule has 6 heteroatoms. The Balaban J connectivity index is 1.32. The summed E-state index contributed by atoms with van der Waals surface area (Å²) in [5.74, 6) is 2.23. The molecule has 1 fully saturated rings. The van der Waals surface area contributed by atoms with Gasteiger partial charge in [0.15, 0.2) is 0 Å². The van der Waals surface area contributed by atoms with Crippen molar-refractivity contribution in [3.63, 3.8) is 0 Å². The molecule has 4 nitrogen and oxygen atoms in total. The second-order valence-corrected chi connectivity index (χ2v) is 9.61. The van der Waals surface area contributed by atoms with Crippen molar-refractivity contribution in [2.24, 2.45) is 0 Å². The number of fused-ring (bicyclic) bond motifs is 1. The number of hydrogen-bond acceptors (Lipinski definition) is 3. The number of carbonyl (C=O) groups excluding carboxylic acids is 1. The molecule has 0 unspecified atom stereocenters. The maximum absolute atomic E-state index is 12.7. The molecule has 166 valence electrons. The Morgan fingerprint density at radius 3 is 2.72 bits per heavy atom. The minimum absolute atomic E-state index is 0.171. The van der Waals surface area contributed by atoms with Crippen molar-refractivity contribution in [1.29, 1.82) is 0 Å². The van der Waals surface area contributed by atoms with Crippen LogP contribution in [0.25, 0.3) is 11.3 Å². The fraction of sp³-hybridized carbons (Fsp3) is 0.385. The summed E-state index contributed by atoms with van der Waals surface area (Å²) < 4.78 is 8.49. The maximum Gasteiger partial charge on any atom is 0.137 e. The van der Waals surface area contributed by atoms with Crippen LogP contribution in [0.4, 0.5) is 0 Å². The molecular weight excluding hydrogens is 443 g/mol. The van der Waals surface area contributed by atoms with Crippen molar-refractivity contribution >= 4 is 29.0 Å². The molecule has 1 aliphatic carbocycles. The minimum Gasteiger partial charge on any atom is -0.490 e. The third-order valence-electron chi connectivity index (χ3n) is 6.42. The van der Waals surface area contributed by atoms with Crippen LogP contribution in [-0.2, 0) is 30.6 Å². The van der Waals surface area contributed by atoms with Crippen molar-refractivity contribution in [2.45, 2.75) is 64.0 Å². The zero-order chi connectivity index (χ0) is 22.1. The average Bonchev–Trinajstić information content (AvgIpc) is 3.35. The van der Waals surface area contributed by atoms with Gasteiger partial charge in [-0.1, -0.05) is 29.3 Å². The molecule has 0 atom stereocenters. The molecule has 1 aromatic heterocycles. The number of benzene rings is 2. The van der Waals surface area contributed by atoms with Crippen molar-refractivity contribution in [3.8, 4) is 17.0 Å². The van der Waals surface area contributed by atoms with Gasteiger partial charge < -0.3 is 9.30 Å². The van der Waals surface area contributed by atoms with Crippen LogP contribution in [0.1, 0.15) is 49.1 Å². The van der Waals surface area contributed by atoms with E-state index in [0.717, 1.165) is 59.8 Å². The monoisotopic (exact) mass is 468 g/mol. The number of rotatable bonds is 8. The lowest BCUT2D eigenvalue weighted by Gasteiger charge is -2.27. The smallest absolute Gasteiger partial charge is 0.137 e. The minimum atomic E-state index is 0.171. The molecule has 1 aliphatic heterocycles. The number of Topliss-reactive ketones (excluding diaryl/α,β-unsaturated/α-hetero) is 1. The van der Waals surface area contributed by atoms with E-state index < -0.39 is 0 Å². The Morgan fingerprint density at radius 2 is 1.97 bits per heavy atom. The average molecular weight is 469 g/mol. The first kappa shape index (κ1) is 21.5. The van der Waals surface area contributed by atoms with Gasteiger partial charge in [0.1, 0.15) is 17.4 Å². The van der Waals surface area contributed by atoms with E-state index in [0.29, 0.717) is 35.4 Å². The first-order valence-corrected chi connectivity index (χ1v) is 12.1. The number of carbonyl (C=O) groups is 1. The van der Waals surface area contributed by atoms with Crippen LogP contribution >= 0.6 is 23.2 Å². The van der Waals surface area contributed by atoms with Crippen molar-refractivity contribution in [3.05, 3.63) is 69.6 Å². The van der Waals surface area contributed by atoms with Gasteiger partial charge in [0, 0.05) is 37.6 Å². The Bertz CT molecular complexity index is 1130. The van der Waals surface area contributed by atoms with E-state index >= 15 is 0 Å². The SMILES string of the molecule is O=C(CCc1cc(-c2cn3c(n2)CCC3)ccc1OC1CCC1)Cc1ccc(Cl)c(Cl)c1. The molecule has 0 radical (unpaired) electrons. The van der Waals surface area contributed by atoms with Gasteiger partial charge in [-0.15, -0.1) is 0 Å². The summed E-state index contributed by atoms with van der Waals surface area (Å²) in [5, 5.41) is 0.982. The van der Waals surface area contributed by atoms with Crippen LogP contribution in [0, 0.1) is 0 Å². The second kappa shape index (κ2) is 9.29. The summed E-state index contributed by atoms with van der Waals surface area (Å²) in [7, 11) is 0. The van der Waals surface area contributed by atoms with Crippen molar-refractivity contribution < 1.29 is 9.53 Å². The number of imidazole rings is 1. The van der Waals surface area contributed by atoms with Crippen LogP contribution in [0.15, 0.2) is 42.6 Å². The number of ketones is 1. The summed E-state index contributed by atoms with van der Waals surface area (Å²) in [4.78, 5) is 17.5. The van der Waals surface area contributed by atoms with Crippen molar-refractivity contribution in [2.75, 3.05) is 0 Å². The Morgan fingerprint density at radius 1 is 1.09 bits per heavy atom. The quantitative estimate of drug-likeness (QED) is 0.379. The fourth-order valence-electron chi connectivity index (χ4n) is 4.35. The highest BCUT2D eigenvalue weighted by Gasteiger charge is 2.21. The van der Waals surface area contributed by atoms with E-state index in [-0.39, 0.29) is 5.78 Å². The molecule has 1 saturated carbocycles. The van der Waals surface area contributed by atoms with Gasteiger partial charge in [-0.2, -0.15) is 0 Å². The van der Waals surface area contributed by atoms with Gasteiger partial charge >= 0.3 is 0 Å². The highest BCUT2D eigenvalue weighted by atomic mass is 35.5. The van der Waals surface area contributed by atoms with Gasteiger partial charge in [-0.25, -0.2) is 4.98 Å². The van der Waals surface area contributed by atoms with E-state index in [9.17, 15) is 4.79 Å². The van der Waals surface area contributed by atoms with Crippen LogP contribution in [0.5, 0.6) is 5.75 Å². The lowest BCUT2D eigenvalue weighted by atomic mass is 9.95. The fourth-order valence-corrected chi connectivity index (χ4v) is 4.67. The summed E-state index contributed by atoms with van der Waals surface area (Å²) in [5.41, 5.74) is 4.04. The van der Waals surface area contributed by atoms with Gasteiger partial charge in [0.2, 0.25) is 0 Å². The molecular formula is C26H26Cl2N2O2. The topological polar surface area (TPSA) is 44.1 Å². The Labute approximate surface area is 198 Å². The van der Waals surface area contributed by atoms with Crippen molar-refractivity contribution in [1.82, 2.24) is 9.55 Å². The molecule has 0 saturated heterocycles. The van der Waals surface area contributed by atoms with Crippen LogP contribution in [0.2, 0.25) is 10.0 Å². The number of halogens is 2. The van der Waals surface area contributed by atoms with Crippen LogP contribution < -0.4 is 4.74 Å². The van der Waals surface area contributed by atoms with E-state index in [4.69, 9.17) is 32.9 Å². The molecule has 0 amide bonds. The number of aryl methyl sites for hydroxylation is 3. The van der Waals surface area contributed by atoms with Gasteiger partial charge in [0.05, 0.1) is 21.8 Å². The highest BCUT2D eigenvalue weighted by Crippen LogP contribution is 2.32. The number of hydrogen-bond donors (Lipinski definition) is 0. The summed E-state index contributed by atoms with van der Waals surface area (Å²) >= 11 is 12.1. The zero-order valence-corrected chi connectivity index (χ0v) is 19.5. The molecule has 3 aromatic rings. The predicted octanol–water partition coefficient (Wildman–Crippen LogP) is 6.48. The maximum atomic E-state index is 12.7. The first-order chi connectivity index (χ1) is 15.5. The molecule has 32 heavy (non-hydrogen) atoms. The van der Waals surface area contributed by atoms with E-state index in [1.54, 1.807) is 12.1 Å². The second-order valence-electron chi connectivity index (χ2n) is 8.80. The highest BCUT2D eigenvalue weighted by molar-refractivity contribution is 6.42. The third kappa shape index (κ3) is 4.72. The lowest BCUT2D eigenvalue weighted by molar-refractivity contribution is -0.118. The molecule has 0 bridgehead atoms. The number of nitrogens with zero attached hydrogens (tertiary/aromatic N) is 2. The Hall–Kier alpha value is -2.30. The molecule has 5 rings (SSSR count). The standard InChI is InChI=1S/C26H26Cl2N2O2/c27-22-10-6-17(14-23(22)28)13-20(31)9-7-19-15-18(8-11-25(19)32-21-3-1-4-21)24-16-30-12-2-5-26(30)29-24/h6,8,10-11,14-16,21H,1-5,7,9,12-13H2. The predicted molar refractivity (Wildman–Crippen MR) is 128 cm³/mol. The van der Waals surface area contributed by atoms with Crippen LogP contribution in [-0.4, -0.2) is 21.4 Å². The molecule has 2 aliphatic rings. The Kier molecular flexibility index (Phi) is 6.25. The molecule has 2 aromatic carbocycles. The summed E-state index contributed by atoms with van der Waals surface area (Å²) in [6.45, 7) is 1.04. The van der Waals surface area contributed by atoms with E-state index in [2.05, 4.69) is 29.0 Å². The first-order valence-electron chi connectivity index (χ1n) is 11.4. The largest absolute Gasteiger partial charge is 0.490 e. The normalized spacial score (nSPS) is 15.4. The summed E-state index contributed by atoms with van der Waals surface area (Å²) in [6.07, 6.45) is 9.52.